The summed E-state index contributed by atoms with van der Waals surface area (Å²) in [6.45, 7) is 0. The summed E-state index contributed by atoms with van der Waals surface area (Å²) in [5.41, 5.74) is 7.98. The zero-order valence-electron chi connectivity index (χ0n) is 15.0. The molecule has 4 aromatic carbocycles. The SMILES string of the molecule is Ic1cc(-c2ccc3c(c2)CCC=C3)cc(-c2ccc3ccccc3c2)c1. The summed E-state index contributed by atoms with van der Waals surface area (Å²) in [6, 6.07) is 29.1. The summed E-state index contributed by atoms with van der Waals surface area (Å²) in [6.07, 6.45) is 6.80. The molecule has 5 rings (SSSR count). The molecule has 0 unspecified atom stereocenters. The van der Waals surface area contributed by atoms with Gasteiger partial charge in [0.1, 0.15) is 0 Å². The van der Waals surface area contributed by atoms with E-state index in [1.165, 1.54) is 47.7 Å². The Bertz CT molecular complexity index is 1180. The first-order chi connectivity index (χ1) is 13.3. The van der Waals surface area contributed by atoms with Crippen LogP contribution in [-0.2, 0) is 6.42 Å². The van der Waals surface area contributed by atoms with Crippen LogP contribution >= 0.6 is 22.6 Å². The Morgan fingerprint density at radius 3 is 2.22 bits per heavy atom. The molecule has 0 nitrogen and oxygen atoms in total. The van der Waals surface area contributed by atoms with Crippen LogP contribution in [0.1, 0.15) is 17.5 Å². The van der Waals surface area contributed by atoms with Crippen molar-refractivity contribution in [1.29, 1.82) is 0 Å². The second kappa shape index (κ2) is 6.97. The van der Waals surface area contributed by atoms with Crippen molar-refractivity contribution in [3.8, 4) is 22.3 Å². The molecule has 0 saturated carbocycles. The van der Waals surface area contributed by atoms with Crippen LogP contribution in [-0.4, -0.2) is 0 Å². The van der Waals surface area contributed by atoms with Crippen molar-refractivity contribution in [1.82, 2.24) is 0 Å². The molecule has 0 saturated heterocycles. The van der Waals surface area contributed by atoms with E-state index in [-0.39, 0.29) is 0 Å². The van der Waals surface area contributed by atoms with Gasteiger partial charge in [0.05, 0.1) is 0 Å². The molecular formula is C26H19I. The van der Waals surface area contributed by atoms with Crippen molar-refractivity contribution in [2.45, 2.75) is 12.8 Å². The summed E-state index contributed by atoms with van der Waals surface area (Å²) < 4.78 is 1.27. The number of hydrogen-bond donors (Lipinski definition) is 0. The molecule has 0 aromatic heterocycles. The number of hydrogen-bond acceptors (Lipinski definition) is 0. The average molecular weight is 458 g/mol. The average Bonchev–Trinajstić information content (AvgIpc) is 2.72. The molecule has 4 aromatic rings. The van der Waals surface area contributed by atoms with Crippen LogP contribution in [0.15, 0.2) is 84.9 Å². The van der Waals surface area contributed by atoms with Gasteiger partial charge in [0.2, 0.25) is 0 Å². The lowest BCUT2D eigenvalue weighted by molar-refractivity contribution is 0.986. The normalized spacial score (nSPS) is 12.9. The van der Waals surface area contributed by atoms with E-state index in [1.54, 1.807) is 0 Å². The first kappa shape index (κ1) is 16.8. The Balaban J connectivity index is 1.61. The second-order valence-electron chi connectivity index (χ2n) is 7.15. The Morgan fingerprint density at radius 1 is 0.630 bits per heavy atom. The molecular weight excluding hydrogens is 439 g/mol. The van der Waals surface area contributed by atoms with E-state index in [2.05, 4.69) is 114 Å². The van der Waals surface area contributed by atoms with Gasteiger partial charge in [-0.3, -0.25) is 0 Å². The highest BCUT2D eigenvalue weighted by Gasteiger charge is 2.09. The van der Waals surface area contributed by atoms with Crippen LogP contribution < -0.4 is 0 Å². The van der Waals surface area contributed by atoms with Gasteiger partial charge in [-0.15, -0.1) is 0 Å². The molecule has 27 heavy (non-hydrogen) atoms. The standard InChI is InChI=1S/C26H19I/c27-26-16-24(22-11-9-18-5-1-3-7-20(18)13-22)15-25(17-26)23-12-10-19-6-2-4-8-21(19)14-23/h1-3,5-7,9-17H,4,8H2. The monoisotopic (exact) mass is 458 g/mol. The van der Waals surface area contributed by atoms with Gasteiger partial charge in [0, 0.05) is 3.57 Å². The van der Waals surface area contributed by atoms with E-state index < -0.39 is 0 Å². The largest absolute Gasteiger partial charge is 0.0836 e. The third kappa shape index (κ3) is 3.32. The lowest BCUT2D eigenvalue weighted by Crippen LogP contribution is -1.94. The van der Waals surface area contributed by atoms with Crippen LogP contribution in [0.2, 0.25) is 0 Å². The smallest absolute Gasteiger partial charge is 0.0142 e. The number of fused-ring (bicyclic) bond motifs is 2. The zero-order valence-corrected chi connectivity index (χ0v) is 17.1. The number of benzene rings is 4. The number of rotatable bonds is 2. The molecule has 0 radical (unpaired) electrons. The van der Waals surface area contributed by atoms with Gasteiger partial charge in [0.25, 0.3) is 0 Å². The summed E-state index contributed by atoms with van der Waals surface area (Å²) in [5, 5.41) is 2.57. The Kier molecular flexibility index (Phi) is 4.33. The fraction of sp³-hybridized carbons (Fsp3) is 0.0769. The van der Waals surface area contributed by atoms with Gasteiger partial charge in [-0.25, -0.2) is 0 Å². The molecule has 0 spiro atoms. The minimum atomic E-state index is 1.14. The van der Waals surface area contributed by atoms with E-state index in [4.69, 9.17) is 0 Å². The maximum atomic E-state index is 2.43. The molecule has 0 heterocycles. The molecule has 0 atom stereocenters. The number of aryl methyl sites for hydroxylation is 1. The fourth-order valence-electron chi connectivity index (χ4n) is 3.91. The summed E-state index contributed by atoms with van der Waals surface area (Å²) >= 11 is 2.43. The summed E-state index contributed by atoms with van der Waals surface area (Å²) in [5.74, 6) is 0. The van der Waals surface area contributed by atoms with Gasteiger partial charge >= 0.3 is 0 Å². The van der Waals surface area contributed by atoms with Crippen LogP contribution in [0.25, 0.3) is 39.1 Å². The molecule has 0 fully saturated rings. The summed E-state index contributed by atoms with van der Waals surface area (Å²) in [4.78, 5) is 0. The van der Waals surface area contributed by atoms with E-state index in [1.807, 2.05) is 0 Å². The van der Waals surface area contributed by atoms with Crippen molar-refractivity contribution in [2.75, 3.05) is 0 Å². The summed E-state index contributed by atoms with van der Waals surface area (Å²) in [7, 11) is 0. The minimum Gasteiger partial charge on any atom is -0.0836 e. The molecule has 1 heteroatoms. The van der Waals surface area contributed by atoms with E-state index >= 15 is 0 Å². The van der Waals surface area contributed by atoms with Crippen molar-refractivity contribution in [2.24, 2.45) is 0 Å². The predicted octanol–water partition coefficient (Wildman–Crippen LogP) is 7.74. The Hall–Kier alpha value is -2.39. The Morgan fingerprint density at radius 2 is 1.37 bits per heavy atom. The third-order valence-corrected chi connectivity index (χ3v) is 5.96. The number of halogens is 1. The molecule has 0 N–H and O–H groups in total. The molecule has 130 valence electrons. The zero-order chi connectivity index (χ0) is 18.2. The molecule has 1 aliphatic carbocycles. The fourth-order valence-corrected chi connectivity index (χ4v) is 4.58. The molecule has 0 amide bonds. The highest BCUT2D eigenvalue weighted by molar-refractivity contribution is 14.1. The first-order valence-electron chi connectivity index (χ1n) is 9.36. The number of allylic oxidation sites excluding steroid dienone is 1. The van der Waals surface area contributed by atoms with Gasteiger partial charge < -0.3 is 0 Å². The van der Waals surface area contributed by atoms with Crippen LogP contribution in [0.4, 0.5) is 0 Å². The van der Waals surface area contributed by atoms with Gasteiger partial charge in [0.15, 0.2) is 0 Å². The minimum absolute atomic E-state index is 1.14. The van der Waals surface area contributed by atoms with Gasteiger partial charge in [-0.05, 0) is 104 Å². The van der Waals surface area contributed by atoms with Gasteiger partial charge in [-0.1, -0.05) is 66.7 Å². The first-order valence-corrected chi connectivity index (χ1v) is 10.4. The maximum Gasteiger partial charge on any atom is 0.0142 e. The van der Waals surface area contributed by atoms with Crippen molar-refractivity contribution >= 4 is 39.4 Å². The maximum absolute atomic E-state index is 2.43. The van der Waals surface area contributed by atoms with Crippen LogP contribution in [0, 0.1) is 3.57 Å². The van der Waals surface area contributed by atoms with E-state index in [0.717, 1.165) is 12.8 Å². The third-order valence-electron chi connectivity index (χ3n) is 5.33. The quantitative estimate of drug-likeness (QED) is 0.270. The molecule has 0 bridgehead atoms. The van der Waals surface area contributed by atoms with E-state index in [9.17, 15) is 0 Å². The van der Waals surface area contributed by atoms with Crippen molar-refractivity contribution < 1.29 is 0 Å². The highest BCUT2D eigenvalue weighted by Crippen LogP contribution is 2.32. The van der Waals surface area contributed by atoms with Crippen molar-refractivity contribution in [3.63, 3.8) is 0 Å². The molecule has 0 aliphatic heterocycles. The second-order valence-corrected chi connectivity index (χ2v) is 8.39. The Labute approximate surface area is 173 Å². The van der Waals surface area contributed by atoms with Crippen LogP contribution in [0.5, 0.6) is 0 Å². The lowest BCUT2D eigenvalue weighted by atomic mass is 9.92. The molecule has 1 aliphatic rings. The van der Waals surface area contributed by atoms with E-state index in [0.29, 0.717) is 0 Å². The lowest BCUT2D eigenvalue weighted by Gasteiger charge is -2.14. The predicted molar refractivity (Wildman–Crippen MR) is 125 cm³/mol. The van der Waals surface area contributed by atoms with Crippen molar-refractivity contribution in [3.05, 3.63) is 99.6 Å². The van der Waals surface area contributed by atoms with Gasteiger partial charge in [-0.2, -0.15) is 0 Å². The highest BCUT2D eigenvalue weighted by atomic mass is 127. The van der Waals surface area contributed by atoms with Crippen LogP contribution in [0.3, 0.4) is 0 Å². The topological polar surface area (TPSA) is 0 Å².